The Morgan fingerprint density at radius 2 is 1.63 bits per heavy atom. The van der Waals surface area contributed by atoms with Crippen LogP contribution in [0.4, 0.5) is 21.9 Å². The zero-order valence-electron chi connectivity index (χ0n) is 19.3. The van der Waals surface area contributed by atoms with Gasteiger partial charge in [0, 0.05) is 42.5 Å². The van der Waals surface area contributed by atoms with E-state index in [-0.39, 0.29) is 23.9 Å². The lowest BCUT2D eigenvalue weighted by molar-refractivity contribution is 0.102. The van der Waals surface area contributed by atoms with Crippen molar-refractivity contribution in [3.8, 4) is 0 Å². The molecule has 180 valence electrons. The zero-order valence-corrected chi connectivity index (χ0v) is 19.3. The SMILES string of the molecule is Cc1cccc(C(=O)Nc2ccc(NC(=O)NCC3CCCO3)cc2)c1NC(=O)c1ccncc1. The second-order valence-corrected chi connectivity index (χ2v) is 8.19. The Kier molecular flexibility index (Phi) is 7.69. The van der Waals surface area contributed by atoms with E-state index in [0.717, 1.165) is 25.0 Å². The first-order chi connectivity index (χ1) is 17.0. The highest BCUT2D eigenvalue weighted by Crippen LogP contribution is 2.23. The number of pyridine rings is 1. The number of hydrogen-bond acceptors (Lipinski definition) is 5. The molecule has 0 saturated carbocycles. The van der Waals surface area contributed by atoms with Crippen molar-refractivity contribution in [2.45, 2.75) is 25.9 Å². The van der Waals surface area contributed by atoms with Crippen LogP contribution in [0.15, 0.2) is 67.0 Å². The average molecular weight is 474 g/mol. The van der Waals surface area contributed by atoms with Crippen molar-refractivity contribution in [3.63, 3.8) is 0 Å². The van der Waals surface area contributed by atoms with E-state index in [9.17, 15) is 14.4 Å². The number of nitrogens with one attached hydrogen (secondary N) is 4. The first-order valence-electron chi connectivity index (χ1n) is 11.4. The third-order valence-corrected chi connectivity index (χ3v) is 5.61. The van der Waals surface area contributed by atoms with Crippen LogP contribution in [0.1, 0.15) is 39.1 Å². The molecule has 9 heteroatoms. The Balaban J connectivity index is 1.37. The van der Waals surface area contributed by atoms with E-state index in [4.69, 9.17) is 4.74 Å². The third-order valence-electron chi connectivity index (χ3n) is 5.61. The van der Waals surface area contributed by atoms with Gasteiger partial charge in [-0.25, -0.2) is 4.79 Å². The largest absolute Gasteiger partial charge is 0.376 e. The van der Waals surface area contributed by atoms with E-state index < -0.39 is 0 Å². The van der Waals surface area contributed by atoms with E-state index in [2.05, 4.69) is 26.3 Å². The molecule has 0 radical (unpaired) electrons. The summed E-state index contributed by atoms with van der Waals surface area (Å²) in [4.78, 5) is 41.7. The summed E-state index contributed by atoms with van der Waals surface area (Å²) in [5.41, 5.74) is 3.11. The molecular weight excluding hydrogens is 446 g/mol. The van der Waals surface area contributed by atoms with Crippen molar-refractivity contribution >= 4 is 34.9 Å². The second kappa shape index (κ2) is 11.3. The molecule has 4 amide bonds. The molecule has 1 aliphatic rings. The molecule has 2 aromatic carbocycles. The summed E-state index contributed by atoms with van der Waals surface area (Å²) in [6, 6.07) is 14.9. The summed E-state index contributed by atoms with van der Waals surface area (Å²) >= 11 is 0. The van der Waals surface area contributed by atoms with E-state index in [1.807, 2.05) is 13.0 Å². The van der Waals surface area contributed by atoms with E-state index in [0.29, 0.717) is 34.7 Å². The maximum absolute atomic E-state index is 13.0. The molecule has 1 fully saturated rings. The fraction of sp³-hybridized carbons (Fsp3) is 0.231. The molecular formula is C26H27N5O4. The fourth-order valence-electron chi connectivity index (χ4n) is 3.73. The smallest absolute Gasteiger partial charge is 0.319 e. The molecule has 0 bridgehead atoms. The Morgan fingerprint density at radius 3 is 2.31 bits per heavy atom. The standard InChI is InChI=1S/C26H27N5O4/c1-17-4-2-6-22(23(17)31-24(32)18-11-13-27-14-12-18)25(33)29-19-7-9-20(10-8-19)30-26(34)28-16-21-5-3-15-35-21/h2,4,6-14,21H,3,5,15-16H2,1H3,(H,29,33)(H,31,32)(H2,28,30,34). The molecule has 9 nitrogen and oxygen atoms in total. The lowest BCUT2D eigenvalue weighted by Gasteiger charge is -2.14. The topological polar surface area (TPSA) is 121 Å². The average Bonchev–Trinajstić information content (AvgIpc) is 3.39. The maximum Gasteiger partial charge on any atom is 0.319 e. The molecule has 0 spiro atoms. The third kappa shape index (κ3) is 6.42. The van der Waals surface area contributed by atoms with Gasteiger partial charge < -0.3 is 26.0 Å². The number of amides is 4. The first kappa shape index (κ1) is 23.9. The number of urea groups is 1. The van der Waals surface area contributed by atoms with Crippen molar-refractivity contribution in [2.75, 3.05) is 29.1 Å². The van der Waals surface area contributed by atoms with Crippen molar-refractivity contribution in [2.24, 2.45) is 0 Å². The molecule has 4 N–H and O–H groups in total. The number of aryl methyl sites for hydroxylation is 1. The maximum atomic E-state index is 13.0. The molecule has 1 atom stereocenters. The lowest BCUT2D eigenvalue weighted by Crippen LogP contribution is -2.35. The Morgan fingerprint density at radius 1 is 0.914 bits per heavy atom. The van der Waals surface area contributed by atoms with E-state index in [1.165, 1.54) is 12.4 Å². The number of aromatic nitrogens is 1. The van der Waals surface area contributed by atoms with Gasteiger partial charge in [0.25, 0.3) is 11.8 Å². The monoisotopic (exact) mass is 473 g/mol. The van der Waals surface area contributed by atoms with Crippen LogP contribution in [0.5, 0.6) is 0 Å². The van der Waals surface area contributed by atoms with Crippen LogP contribution in [0.25, 0.3) is 0 Å². The summed E-state index contributed by atoms with van der Waals surface area (Å²) in [6.45, 7) is 3.03. The molecule has 1 unspecified atom stereocenters. The minimum absolute atomic E-state index is 0.0688. The molecule has 3 aromatic rings. The van der Waals surface area contributed by atoms with Gasteiger partial charge in [-0.3, -0.25) is 14.6 Å². The molecule has 35 heavy (non-hydrogen) atoms. The minimum atomic E-state index is -0.367. The van der Waals surface area contributed by atoms with Crippen molar-refractivity contribution < 1.29 is 19.1 Å². The molecule has 1 saturated heterocycles. The highest BCUT2D eigenvalue weighted by Gasteiger charge is 2.18. The summed E-state index contributed by atoms with van der Waals surface area (Å²) in [7, 11) is 0. The number of hydrogen-bond donors (Lipinski definition) is 4. The predicted octanol–water partition coefficient (Wildman–Crippen LogP) is 4.20. The summed E-state index contributed by atoms with van der Waals surface area (Å²) < 4.78 is 5.49. The quantitative estimate of drug-likeness (QED) is 0.410. The van der Waals surface area contributed by atoms with Crippen molar-refractivity contribution in [3.05, 3.63) is 83.7 Å². The van der Waals surface area contributed by atoms with Crippen molar-refractivity contribution in [1.82, 2.24) is 10.3 Å². The van der Waals surface area contributed by atoms with Crippen LogP contribution in [-0.4, -0.2) is 42.1 Å². The Hall–Kier alpha value is -4.24. The number of carbonyl (C=O) groups is 3. The Labute approximate surface area is 203 Å². The zero-order chi connectivity index (χ0) is 24.6. The number of ether oxygens (including phenoxy) is 1. The fourth-order valence-corrected chi connectivity index (χ4v) is 3.73. The summed E-state index contributed by atoms with van der Waals surface area (Å²) in [6.07, 6.45) is 5.10. The molecule has 2 heterocycles. The number of para-hydroxylation sites is 1. The van der Waals surface area contributed by atoms with Gasteiger partial charge in [-0.15, -0.1) is 0 Å². The number of rotatable bonds is 7. The molecule has 0 aliphatic carbocycles. The first-order valence-corrected chi connectivity index (χ1v) is 11.4. The van der Waals surface area contributed by atoms with Crippen molar-refractivity contribution in [1.29, 1.82) is 0 Å². The van der Waals surface area contributed by atoms with Crippen LogP contribution < -0.4 is 21.3 Å². The predicted molar refractivity (Wildman–Crippen MR) is 134 cm³/mol. The highest BCUT2D eigenvalue weighted by atomic mass is 16.5. The van der Waals surface area contributed by atoms with Crippen LogP contribution in [0.2, 0.25) is 0 Å². The van der Waals surface area contributed by atoms with Gasteiger partial charge in [0.05, 0.1) is 17.4 Å². The van der Waals surface area contributed by atoms with E-state index in [1.54, 1.807) is 48.5 Å². The van der Waals surface area contributed by atoms with Gasteiger partial charge in [0.2, 0.25) is 0 Å². The van der Waals surface area contributed by atoms with Gasteiger partial charge in [0.15, 0.2) is 0 Å². The number of benzene rings is 2. The van der Waals surface area contributed by atoms with Gasteiger partial charge in [-0.1, -0.05) is 12.1 Å². The van der Waals surface area contributed by atoms with Gasteiger partial charge in [-0.05, 0) is 67.8 Å². The van der Waals surface area contributed by atoms with Crippen LogP contribution in [0, 0.1) is 6.92 Å². The molecule has 1 aliphatic heterocycles. The molecule has 1 aromatic heterocycles. The van der Waals surface area contributed by atoms with Gasteiger partial charge >= 0.3 is 6.03 Å². The van der Waals surface area contributed by atoms with Gasteiger partial charge in [0.1, 0.15) is 0 Å². The Bertz CT molecular complexity index is 1190. The van der Waals surface area contributed by atoms with Crippen LogP contribution in [0.3, 0.4) is 0 Å². The van der Waals surface area contributed by atoms with E-state index >= 15 is 0 Å². The van der Waals surface area contributed by atoms with Crippen LogP contribution >= 0.6 is 0 Å². The summed E-state index contributed by atoms with van der Waals surface area (Å²) in [5, 5.41) is 11.2. The number of nitrogens with zero attached hydrogens (tertiary/aromatic N) is 1. The second-order valence-electron chi connectivity index (χ2n) is 8.19. The molecule has 4 rings (SSSR count). The highest BCUT2D eigenvalue weighted by molar-refractivity contribution is 6.13. The lowest BCUT2D eigenvalue weighted by atomic mass is 10.1. The normalized spacial score (nSPS) is 14.7. The number of carbonyl (C=O) groups excluding carboxylic acids is 3. The van der Waals surface area contributed by atoms with Gasteiger partial charge in [-0.2, -0.15) is 0 Å². The van der Waals surface area contributed by atoms with Crippen LogP contribution in [-0.2, 0) is 4.74 Å². The summed E-state index contributed by atoms with van der Waals surface area (Å²) in [5.74, 6) is -0.697. The number of anilines is 3. The minimum Gasteiger partial charge on any atom is -0.376 e.